The van der Waals surface area contributed by atoms with E-state index in [9.17, 15) is 9.59 Å². The molecular formula is C17H26N4O4. The molecule has 2 heterocycles. The Labute approximate surface area is 151 Å². The molecule has 2 aromatic rings. The zero-order valence-corrected chi connectivity index (χ0v) is 14.7. The fraction of sp³-hybridized carbons (Fsp3) is 0.529. The number of esters is 1. The third-order valence-electron chi connectivity index (χ3n) is 3.12. The average Bonchev–Trinajstić information content (AvgIpc) is 3.23. The van der Waals surface area contributed by atoms with Crippen LogP contribution >= 0.6 is 0 Å². The van der Waals surface area contributed by atoms with Crippen LogP contribution in [0.3, 0.4) is 0 Å². The number of aromatic carboxylic acids is 1. The van der Waals surface area contributed by atoms with Crippen LogP contribution in [0.5, 0.6) is 0 Å². The van der Waals surface area contributed by atoms with Crippen molar-refractivity contribution in [3.8, 4) is 0 Å². The van der Waals surface area contributed by atoms with Gasteiger partial charge in [0.05, 0.1) is 12.3 Å². The molecule has 138 valence electrons. The van der Waals surface area contributed by atoms with E-state index in [1.807, 2.05) is 6.92 Å². The molecule has 0 atom stereocenters. The van der Waals surface area contributed by atoms with E-state index in [4.69, 9.17) is 14.0 Å². The van der Waals surface area contributed by atoms with Gasteiger partial charge in [0.1, 0.15) is 5.69 Å². The van der Waals surface area contributed by atoms with E-state index in [0.29, 0.717) is 29.1 Å². The van der Waals surface area contributed by atoms with Crippen LogP contribution in [-0.4, -0.2) is 43.6 Å². The molecule has 0 aliphatic heterocycles. The van der Waals surface area contributed by atoms with Gasteiger partial charge in [-0.15, -0.1) is 0 Å². The minimum atomic E-state index is -2.54. The normalized spacial score (nSPS) is 12.4. The number of ether oxygens (including phenoxy) is 1. The van der Waals surface area contributed by atoms with E-state index in [-0.39, 0.29) is 11.7 Å². The highest BCUT2D eigenvalue weighted by Crippen LogP contribution is 2.05. The number of aryl methyl sites for hydroxylation is 3. The summed E-state index contributed by atoms with van der Waals surface area (Å²) in [5.41, 5.74) is 1.54. The number of carbonyl (C=O) groups excluding carboxylic acids is 1. The summed E-state index contributed by atoms with van der Waals surface area (Å²) in [6, 6.07) is 3.04. The number of H-pyrrole nitrogens is 1. The number of hydrogen-bond acceptors (Lipinski definition) is 5. The molecule has 0 aliphatic carbocycles. The molecule has 0 bridgehead atoms. The largest absolute Gasteiger partial charge is 0.477 e. The highest BCUT2D eigenvalue weighted by atomic mass is 16.5. The Morgan fingerprint density at radius 3 is 2.52 bits per heavy atom. The number of aromatic nitrogens is 4. The maximum Gasteiger partial charge on any atom is 0.358 e. The summed E-state index contributed by atoms with van der Waals surface area (Å²) in [5.74, 6) is -1.64. The smallest absolute Gasteiger partial charge is 0.358 e. The van der Waals surface area contributed by atoms with E-state index in [1.54, 1.807) is 13.0 Å². The molecule has 2 aromatic heterocycles. The van der Waals surface area contributed by atoms with Crippen LogP contribution in [0.25, 0.3) is 0 Å². The summed E-state index contributed by atoms with van der Waals surface area (Å²) in [5, 5.41) is 19.2. The van der Waals surface area contributed by atoms with Gasteiger partial charge in [0.2, 0.25) is 0 Å². The fourth-order valence-electron chi connectivity index (χ4n) is 2.03. The first kappa shape index (κ1) is 15.9. The Balaban J connectivity index is 0.000000283. The number of nitrogens with one attached hydrogen (secondary N) is 1. The fourth-order valence-corrected chi connectivity index (χ4v) is 2.03. The van der Waals surface area contributed by atoms with Gasteiger partial charge in [0, 0.05) is 16.8 Å². The predicted octanol–water partition coefficient (Wildman–Crippen LogP) is 2.61. The van der Waals surface area contributed by atoms with E-state index in [0.717, 1.165) is 25.0 Å². The summed E-state index contributed by atoms with van der Waals surface area (Å²) in [6.45, 7) is 3.60. The van der Waals surface area contributed by atoms with E-state index in [2.05, 4.69) is 22.2 Å². The highest BCUT2D eigenvalue weighted by Gasteiger charge is 2.11. The third-order valence-corrected chi connectivity index (χ3v) is 3.12. The summed E-state index contributed by atoms with van der Waals surface area (Å²) < 4.78 is 26.8. The number of hydrogen-bond donors (Lipinski definition) is 2. The highest BCUT2D eigenvalue weighted by molar-refractivity contribution is 5.87. The first-order valence-corrected chi connectivity index (χ1v) is 8.18. The molecule has 0 saturated heterocycles. The zero-order chi connectivity index (χ0) is 21.3. The van der Waals surface area contributed by atoms with Crippen molar-refractivity contribution in [2.75, 3.05) is 6.61 Å². The second-order valence-corrected chi connectivity index (χ2v) is 5.24. The molecule has 0 unspecified atom stereocenters. The summed E-state index contributed by atoms with van der Waals surface area (Å²) in [6.07, 6.45) is 3.30. The molecule has 0 saturated carbocycles. The van der Waals surface area contributed by atoms with Crippen LogP contribution in [0.1, 0.15) is 70.1 Å². The van der Waals surface area contributed by atoms with Crippen LogP contribution in [0.2, 0.25) is 0 Å². The van der Waals surface area contributed by atoms with Crippen molar-refractivity contribution in [3.63, 3.8) is 0 Å². The van der Waals surface area contributed by atoms with Gasteiger partial charge in [-0.05, 0) is 31.9 Å². The lowest BCUT2D eigenvalue weighted by Crippen LogP contribution is -2.04. The van der Waals surface area contributed by atoms with Gasteiger partial charge >= 0.3 is 11.9 Å². The zero-order valence-electron chi connectivity index (χ0n) is 17.7. The lowest BCUT2D eigenvalue weighted by Gasteiger charge is -1.95. The second-order valence-electron chi connectivity index (χ2n) is 5.24. The van der Waals surface area contributed by atoms with Gasteiger partial charge < -0.3 is 9.84 Å². The molecule has 25 heavy (non-hydrogen) atoms. The van der Waals surface area contributed by atoms with Gasteiger partial charge in [-0.25, -0.2) is 9.59 Å². The van der Waals surface area contributed by atoms with E-state index < -0.39 is 12.9 Å². The van der Waals surface area contributed by atoms with Crippen molar-refractivity contribution in [1.29, 1.82) is 0 Å². The van der Waals surface area contributed by atoms with Gasteiger partial charge in [-0.3, -0.25) is 9.78 Å². The SMILES string of the molecule is CCCc1cc(C(=O)OCC)n[nH]1.[2H]C([2H])([2H])n1nc(CCC)cc1C(=O)O. The first-order chi connectivity index (χ1) is 13.1. The molecule has 0 radical (unpaired) electrons. The maximum atomic E-state index is 11.2. The lowest BCUT2D eigenvalue weighted by atomic mass is 10.2. The Bertz CT molecular complexity index is 784. The number of carbonyl (C=O) groups is 2. The Morgan fingerprint density at radius 1 is 1.28 bits per heavy atom. The Kier molecular flexibility index (Phi) is 6.52. The molecule has 0 aliphatic rings. The summed E-state index contributed by atoms with van der Waals surface area (Å²) in [4.78, 5) is 21.9. The van der Waals surface area contributed by atoms with Crippen molar-refractivity contribution in [1.82, 2.24) is 20.0 Å². The summed E-state index contributed by atoms with van der Waals surface area (Å²) >= 11 is 0. The Hall–Kier alpha value is -2.64. The van der Waals surface area contributed by atoms with Crippen molar-refractivity contribution < 1.29 is 23.5 Å². The monoisotopic (exact) mass is 353 g/mol. The van der Waals surface area contributed by atoms with Crippen LogP contribution in [0, 0.1) is 0 Å². The molecule has 0 spiro atoms. The number of carboxylic acids is 1. The van der Waals surface area contributed by atoms with E-state index >= 15 is 0 Å². The van der Waals surface area contributed by atoms with Gasteiger partial charge in [0.15, 0.2) is 5.69 Å². The quantitative estimate of drug-likeness (QED) is 0.740. The van der Waals surface area contributed by atoms with Crippen LogP contribution < -0.4 is 0 Å². The molecule has 2 N–H and O–H groups in total. The maximum absolute atomic E-state index is 11.2. The van der Waals surface area contributed by atoms with Crippen LogP contribution in [-0.2, 0) is 24.6 Å². The van der Waals surface area contributed by atoms with Crippen molar-refractivity contribution >= 4 is 11.9 Å². The van der Waals surface area contributed by atoms with Crippen LogP contribution in [0.15, 0.2) is 12.1 Å². The predicted molar refractivity (Wildman–Crippen MR) is 92.7 cm³/mol. The third kappa shape index (κ3) is 6.40. The Morgan fingerprint density at radius 2 is 2.00 bits per heavy atom. The average molecular weight is 353 g/mol. The van der Waals surface area contributed by atoms with Crippen LogP contribution in [0.4, 0.5) is 0 Å². The number of nitrogens with zero attached hydrogens (tertiary/aromatic N) is 3. The molecule has 0 amide bonds. The first-order valence-electron chi connectivity index (χ1n) is 9.68. The molecule has 0 fully saturated rings. The number of rotatable bonds is 7. The lowest BCUT2D eigenvalue weighted by molar-refractivity contribution is 0.0519. The number of carboxylic acid groups (broad SMARTS) is 1. The van der Waals surface area contributed by atoms with Gasteiger partial charge in [-0.2, -0.15) is 10.2 Å². The molecule has 8 heteroatoms. The minimum absolute atomic E-state index is 0.293. The van der Waals surface area contributed by atoms with Gasteiger partial charge in [0.25, 0.3) is 0 Å². The van der Waals surface area contributed by atoms with Gasteiger partial charge in [-0.1, -0.05) is 26.7 Å². The molecule has 0 aromatic carbocycles. The summed E-state index contributed by atoms with van der Waals surface area (Å²) in [7, 11) is 0. The molecule has 2 rings (SSSR count). The number of aromatic amines is 1. The van der Waals surface area contributed by atoms with Crippen molar-refractivity contribution in [2.24, 2.45) is 6.98 Å². The minimum Gasteiger partial charge on any atom is -0.477 e. The van der Waals surface area contributed by atoms with Crippen molar-refractivity contribution in [3.05, 3.63) is 34.9 Å². The van der Waals surface area contributed by atoms with E-state index in [1.165, 1.54) is 6.07 Å². The van der Waals surface area contributed by atoms with Crippen molar-refractivity contribution in [2.45, 2.75) is 46.5 Å². The molecule has 8 nitrogen and oxygen atoms in total. The topological polar surface area (TPSA) is 110 Å². The second kappa shape index (κ2) is 10.3. The molecular weight excluding hydrogens is 324 g/mol. The standard InChI is InChI=1S/C9H14N2O2.C8H12N2O2/c1-3-5-7-6-8(11-10-7)9(12)13-4-2;1-3-4-6-5-7(8(11)12)10(2)9-6/h6H,3-5H2,1-2H3,(H,10,11);5H,3-4H2,1-2H3,(H,11,12)/i;2D3.